The SMILES string of the molecule is C1CNCCNNCCN1.Cl.Cl.Cl.Cl. The molecule has 0 aromatic carbocycles. The highest BCUT2D eigenvalue weighted by Gasteiger charge is 1.91. The summed E-state index contributed by atoms with van der Waals surface area (Å²) >= 11 is 0. The fraction of sp³-hybridized carbons (Fsp3) is 1.00. The summed E-state index contributed by atoms with van der Waals surface area (Å²) in [7, 11) is 0. The van der Waals surface area contributed by atoms with Gasteiger partial charge < -0.3 is 10.6 Å². The lowest BCUT2D eigenvalue weighted by molar-refractivity contribution is 0.476. The van der Waals surface area contributed by atoms with Crippen molar-refractivity contribution in [3.8, 4) is 0 Å². The Labute approximate surface area is 110 Å². The topological polar surface area (TPSA) is 48.1 Å². The van der Waals surface area contributed by atoms with E-state index in [4.69, 9.17) is 0 Å². The molecule has 14 heavy (non-hydrogen) atoms. The van der Waals surface area contributed by atoms with Crippen LogP contribution in [0.2, 0.25) is 0 Å². The van der Waals surface area contributed by atoms with Crippen molar-refractivity contribution in [2.75, 3.05) is 39.3 Å². The molecule has 0 unspecified atom stereocenters. The predicted molar refractivity (Wildman–Crippen MR) is 70.7 cm³/mol. The van der Waals surface area contributed by atoms with Gasteiger partial charge in [-0.2, -0.15) is 0 Å². The maximum Gasteiger partial charge on any atom is 0.0225 e. The molecule has 1 aliphatic heterocycles. The molecule has 4 nitrogen and oxygen atoms in total. The van der Waals surface area contributed by atoms with E-state index in [2.05, 4.69) is 21.5 Å². The van der Waals surface area contributed by atoms with E-state index in [1.807, 2.05) is 0 Å². The Balaban J connectivity index is -0.000000125. The molecular formula is C6H20Cl4N4. The maximum atomic E-state index is 3.29. The number of hydrogen-bond acceptors (Lipinski definition) is 4. The molecule has 1 saturated heterocycles. The van der Waals surface area contributed by atoms with E-state index < -0.39 is 0 Å². The summed E-state index contributed by atoms with van der Waals surface area (Å²) in [6, 6.07) is 0. The van der Waals surface area contributed by atoms with Gasteiger partial charge in [0.15, 0.2) is 0 Å². The summed E-state index contributed by atoms with van der Waals surface area (Å²) in [6.45, 7) is 6.22. The molecule has 1 rings (SSSR count). The monoisotopic (exact) mass is 288 g/mol. The first-order valence-electron chi connectivity index (χ1n) is 3.87. The highest BCUT2D eigenvalue weighted by Crippen LogP contribution is 1.63. The van der Waals surface area contributed by atoms with Crippen LogP contribution in [0, 0.1) is 0 Å². The van der Waals surface area contributed by atoms with Crippen LogP contribution < -0.4 is 21.5 Å². The van der Waals surface area contributed by atoms with Gasteiger partial charge in [-0.05, 0) is 0 Å². The van der Waals surface area contributed by atoms with Gasteiger partial charge in [-0.15, -0.1) is 49.6 Å². The molecule has 0 spiro atoms. The van der Waals surface area contributed by atoms with Gasteiger partial charge in [-0.3, -0.25) is 10.9 Å². The summed E-state index contributed by atoms with van der Waals surface area (Å²) in [5, 5.41) is 6.58. The standard InChI is InChI=1S/C6H16N4.4ClH/c1-2-8-4-6-10-9-5-3-7-1;;;;/h7-10H,1-6H2;4*1H. The van der Waals surface area contributed by atoms with Gasteiger partial charge in [0.1, 0.15) is 0 Å². The van der Waals surface area contributed by atoms with Crippen LogP contribution in [0.1, 0.15) is 0 Å². The lowest BCUT2D eigenvalue weighted by Gasteiger charge is -2.11. The number of nitrogens with one attached hydrogen (secondary N) is 4. The molecule has 4 N–H and O–H groups in total. The van der Waals surface area contributed by atoms with Crippen LogP contribution in [-0.4, -0.2) is 39.3 Å². The fourth-order valence-electron chi connectivity index (χ4n) is 0.905. The van der Waals surface area contributed by atoms with Crippen LogP contribution in [0.4, 0.5) is 0 Å². The van der Waals surface area contributed by atoms with E-state index in [1.165, 1.54) is 0 Å². The van der Waals surface area contributed by atoms with E-state index in [-0.39, 0.29) is 49.6 Å². The van der Waals surface area contributed by atoms with Gasteiger partial charge in [0.05, 0.1) is 0 Å². The van der Waals surface area contributed by atoms with Crippen LogP contribution in [0.5, 0.6) is 0 Å². The van der Waals surface area contributed by atoms with E-state index in [9.17, 15) is 0 Å². The first-order valence-corrected chi connectivity index (χ1v) is 3.87. The smallest absolute Gasteiger partial charge is 0.0225 e. The molecule has 8 heteroatoms. The van der Waals surface area contributed by atoms with Gasteiger partial charge in [-0.25, -0.2) is 0 Å². The Bertz CT molecular complexity index is 55.0. The second-order valence-corrected chi connectivity index (χ2v) is 2.35. The first-order chi connectivity index (χ1) is 5.00. The summed E-state index contributed by atoms with van der Waals surface area (Å²) in [4.78, 5) is 0. The summed E-state index contributed by atoms with van der Waals surface area (Å²) in [5.74, 6) is 0. The van der Waals surface area contributed by atoms with Crippen LogP contribution in [0.15, 0.2) is 0 Å². The Morgan fingerprint density at radius 2 is 0.714 bits per heavy atom. The van der Waals surface area contributed by atoms with E-state index in [0.29, 0.717) is 0 Å². The lowest BCUT2D eigenvalue weighted by Crippen LogP contribution is -2.44. The quantitative estimate of drug-likeness (QED) is 0.506. The molecule has 0 amide bonds. The number of halogens is 4. The van der Waals surface area contributed by atoms with Crippen molar-refractivity contribution < 1.29 is 0 Å². The fourth-order valence-corrected chi connectivity index (χ4v) is 0.905. The Morgan fingerprint density at radius 1 is 0.429 bits per heavy atom. The van der Waals surface area contributed by atoms with Crippen molar-refractivity contribution in [1.82, 2.24) is 21.5 Å². The van der Waals surface area contributed by atoms with Gasteiger partial charge in [0.2, 0.25) is 0 Å². The third-order valence-corrected chi connectivity index (χ3v) is 1.46. The molecule has 0 aromatic heterocycles. The second kappa shape index (κ2) is 19.6. The minimum absolute atomic E-state index is 0. The number of hydrogen-bond donors (Lipinski definition) is 4. The highest BCUT2D eigenvalue weighted by molar-refractivity contribution is 5.86. The van der Waals surface area contributed by atoms with E-state index in [1.54, 1.807) is 0 Å². The largest absolute Gasteiger partial charge is 0.314 e. The minimum Gasteiger partial charge on any atom is -0.314 e. The normalized spacial score (nSPS) is 17.1. The van der Waals surface area contributed by atoms with Crippen LogP contribution in [0.25, 0.3) is 0 Å². The number of hydrazine groups is 1. The molecule has 0 atom stereocenters. The summed E-state index contributed by atoms with van der Waals surface area (Å²) in [6.07, 6.45) is 0. The molecule has 0 radical (unpaired) electrons. The van der Waals surface area contributed by atoms with Gasteiger partial charge in [0, 0.05) is 39.3 Å². The average Bonchev–Trinajstić information content (AvgIpc) is 2.01. The average molecular weight is 290 g/mol. The third kappa shape index (κ3) is 15.5. The van der Waals surface area contributed by atoms with Crippen molar-refractivity contribution in [2.45, 2.75) is 0 Å². The molecule has 0 aromatic rings. The predicted octanol–water partition coefficient (Wildman–Crippen LogP) is -0.0394. The van der Waals surface area contributed by atoms with E-state index in [0.717, 1.165) is 39.3 Å². The van der Waals surface area contributed by atoms with Crippen molar-refractivity contribution in [3.63, 3.8) is 0 Å². The van der Waals surface area contributed by atoms with Crippen molar-refractivity contribution >= 4 is 49.6 Å². The molecule has 1 heterocycles. The zero-order valence-electron chi connectivity index (χ0n) is 7.88. The Morgan fingerprint density at radius 3 is 1.07 bits per heavy atom. The molecule has 0 saturated carbocycles. The molecule has 0 bridgehead atoms. The highest BCUT2D eigenvalue weighted by atomic mass is 35.5. The lowest BCUT2D eigenvalue weighted by atomic mass is 10.5. The zero-order valence-corrected chi connectivity index (χ0v) is 11.1. The Hall–Kier alpha value is 1.00. The van der Waals surface area contributed by atoms with Crippen molar-refractivity contribution in [3.05, 3.63) is 0 Å². The maximum absolute atomic E-state index is 3.29. The van der Waals surface area contributed by atoms with Crippen molar-refractivity contribution in [2.24, 2.45) is 0 Å². The zero-order chi connectivity index (χ0) is 7.07. The summed E-state index contributed by atoms with van der Waals surface area (Å²) < 4.78 is 0. The Kier molecular flexibility index (Phi) is 33.9. The molecule has 1 aliphatic rings. The number of rotatable bonds is 0. The second-order valence-electron chi connectivity index (χ2n) is 2.35. The van der Waals surface area contributed by atoms with Crippen molar-refractivity contribution in [1.29, 1.82) is 0 Å². The van der Waals surface area contributed by atoms with Gasteiger partial charge >= 0.3 is 0 Å². The van der Waals surface area contributed by atoms with E-state index >= 15 is 0 Å². The van der Waals surface area contributed by atoms with Crippen LogP contribution >= 0.6 is 49.6 Å². The van der Waals surface area contributed by atoms with Crippen LogP contribution in [-0.2, 0) is 0 Å². The van der Waals surface area contributed by atoms with Crippen LogP contribution in [0.3, 0.4) is 0 Å². The van der Waals surface area contributed by atoms with Gasteiger partial charge in [-0.1, -0.05) is 0 Å². The first kappa shape index (κ1) is 24.3. The molecule has 1 fully saturated rings. The minimum atomic E-state index is 0. The molecular weight excluding hydrogens is 270 g/mol. The summed E-state index contributed by atoms with van der Waals surface area (Å²) in [5.41, 5.74) is 6.20. The van der Waals surface area contributed by atoms with Gasteiger partial charge in [0.25, 0.3) is 0 Å². The molecule has 92 valence electrons. The molecule has 0 aliphatic carbocycles. The third-order valence-electron chi connectivity index (χ3n) is 1.46.